The van der Waals surface area contributed by atoms with Gasteiger partial charge >= 0.3 is 5.97 Å². The first-order valence-electron chi connectivity index (χ1n) is 20.9. The van der Waals surface area contributed by atoms with Crippen LogP contribution in [0.4, 0.5) is 5.69 Å². The molecule has 0 saturated carbocycles. The molecule has 0 spiro atoms. The van der Waals surface area contributed by atoms with Gasteiger partial charge in [-0.05, 0) is 44.7 Å². The largest absolute Gasteiger partial charge is 0.427 e. The molecular weight excluding hydrogens is 810 g/mol. The van der Waals surface area contributed by atoms with Gasteiger partial charge in [0.2, 0.25) is 23.6 Å². The van der Waals surface area contributed by atoms with Crippen LogP contribution in [0.25, 0.3) is 0 Å². The van der Waals surface area contributed by atoms with Gasteiger partial charge in [-0.15, -0.1) is 12.8 Å². The van der Waals surface area contributed by atoms with Crippen molar-refractivity contribution in [3.05, 3.63) is 34.4 Å². The van der Waals surface area contributed by atoms with E-state index in [0.29, 0.717) is 33.0 Å². The van der Waals surface area contributed by atoms with Crippen molar-refractivity contribution in [2.75, 3.05) is 98.9 Å². The Balaban J connectivity index is 0.0000183. The SMILES string of the molecule is C#CCOCCOCCNC(=O)CCC(CCC(=O)NCCOCCOCC)(CCC(=O)NCCOCCOCC#C)NC(=O)CCCC(=O)Oc1ccc([N+](=O)[O-])cc1.CC. The molecule has 0 unspecified atom stereocenters. The lowest BCUT2D eigenvalue weighted by Gasteiger charge is -2.35. The van der Waals surface area contributed by atoms with Crippen molar-refractivity contribution in [2.45, 2.75) is 84.1 Å². The monoisotopic (exact) mass is 877 g/mol. The number of non-ortho nitro benzene ring substituents is 1. The summed E-state index contributed by atoms with van der Waals surface area (Å²) < 4.78 is 37.1. The van der Waals surface area contributed by atoms with Gasteiger partial charge in [-0.3, -0.25) is 34.1 Å². The molecule has 0 fully saturated rings. The minimum atomic E-state index is -1.19. The average molecular weight is 878 g/mol. The maximum atomic E-state index is 13.5. The fourth-order valence-corrected chi connectivity index (χ4v) is 5.31. The number of carbonyl (C=O) groups excluding carboxylic acids is 5. The average Bonchev–Trinajstić information content (AvgIpc) is 3.26. The molecule has 4 N–H and O–H groups in total. The number of benzene rings is 1. The molecule has 62 heavy (non-hydrogen) atoms. The summed E-state index contributed by atoms with van der Waals surface area (Å²) in [4.78, 5) is 75.3. The van der Waals surface area contributed by atoms with Crippen LogP contribution < -0.4 is 26.0 Å². The summed E-state index contributed by atoms with van der Waals surface area (Å²) in [6.45, 7) is 10.1. The summed E-state index contributed by atoms with van der Waals surface area (Å²) in [5.74, 6) is 2.71. The minimum absolute atomic E-state index is 0.0464. The third-order valence-corrected chi connectivity index (χ3v) is 8.36. The molecule has 1 rings (SSSR count). The van der Waals surface area contributed by atoms with Crippen LogP contribution in [0.1, 0.15) is 78.6 Å². The number of hydrogen-bond donors (Lipinski definition) is 4. The maximum Gasteiger partial charge on any atom is 0.311 e. The first kappa shape index (κ1) is 56.9. The predicted molar refractivity (Wildman–Crippen MR) is 230 cm³/mol. The number of nitrogens with zero attached hydrogens (tertiary/aromatic N) is 1. The van der Waals surface area contributed by atoms with Crippen LogP contribution in [-0.2, 0) is 52.4 Å². The molecule has 0 radical (unpaired) electrons. The van der Waals surface area contributed by atoms with E-state index < -0.39 is 22.3 Å². The van der Waals surface area contributed by atoms with Crippen molar-refractivity contribution in [3.8, 4) is 30.4 Å². The van der Waals surface area contributed by atoms with E-state index in [0.717, 1.165) is 0 Å². The highest BCUT2D eigenvalue weighted by Gasteiger charge is 2.33. The lowest BCUT2D eigenvalue weighted by Crippen LogP contribution is -2.50. The number of amides is 4. The van der Waals surface area contributed by atoms with Crippen LogP contribution in [0, 0.1) is 34.8 Å². The van der Waals surface area contributed by atoms with Gasteiger partial charge in [0.15, 0.2) is 0 Å². The highest BCUT2D eigenvalue weighted by atomic mass is 16.6. The zero-order chi connectivity index (χ0) is 46.1. The number of nitro benzene ring substituents is 1. The Bertz CT molecular complexity index is 1450. The first-order valence-corrected chi connectivity index (χ1v) is 20.9. The molecule has 0 aliphatic heterocycles. The standard InChI is InChI=1S/C41H61N5O14.C2H6/c1-4-23-55-30-32-58-26-21-43-37(48)15-18-41(17-14-36(47)42-20-25-57-29-28-54-6-3,19-16-38(49)44-22-27-59-33-31-56-24-5-2)45-39(50)8-7-9-40(51)60-35-12-10-34(11-13-35)46(52)53;1-2/h1-2,10-13H,6-9,14-33H2,3H3,(H,42,47)(H,43,48)(H,44,49)(H,45,50);1-2H3. The number of carbonyl (C=O) groups is 5. The van der Waals surface area contributed by atoms with E-state index in [9.17, 15) is 34.1 Å². The molecule has 0 aliphatic carbocycles. The van der Waals surface area contributed by atoms with Crippen LogP contribution in [0.2, 0.25) is 0 Å². The highest BCUT2D eigenvalue weighted by molar-refractivity contribution is 5.80. The number of hydrogen-bond acceptors (Lipinski definition) is 14. The highest BCUT2D eigenvalue weighted by Crippen LogP contribution is 2.27. The molecule has 19 heteroatoms. The molecule has 348 valence electrons. The van der Waals surface area contributed by atoms with Crippen molar-refractivity contribution in [1.29, 1.82) is 0 Å². The second-order valence-corrected chi connectivity index (χ2v) is 13.0. The van der Waals surface area contributed by atoms with Gasteiger partial charge in [0, 0.05) is 76.0 Å². The third kappa shape index (κ3) is 31.7. The van der Waals surface area contributed by atoms with Crippen molar-refractivity contribution < 1.29 is 62.1 Å². The Morgan fingerprint density at radius 2 is 1.03 bits per heavy atom. The van der Waals surface area contributed by atoms with Crippen LogP contribution in [0.5, 0.6) is 5.75 Å². The Morgan fingerprint density at radius 3 is 1.44 bits per heavy atom. The molecular formula is C43H67N5O14. The van der Waals surface area contributed by atoms with Crippen LogP contribution >= 0.6 is 0 Å². The third-order valence-electron chi connectivity index (χ3n) is 8.36. The summed E-state index contributed by atoms with van der Waals surface area (Å²) in [6, 6.07) is 5.00. The number of terminal acetylenes is 2. The number of rotatable bonds is 37. The molecule has 0 heterocycles. The summed E-state index contributed by atoms with van der Waals surface area (Å²) in [6.07, 6.45) is 10.2. The van der Waals surface area contributed by atoms with Gasteiger partial charge in [0.1, 0.15) is 19.0 Å². The molecule has 0 bridgehead atoms. The van der Waals surface area contributed by atoms with Gasteiger partial charge in [-0.2, -0.15) is 0 Å². The van der Waals surface area contributed by atoms with Crippen molar-refractivity contribution >= 4 is 35.3 Å². The second kappa shape index (κ2) is 38.7. The van der Waals surface area contributed by atoms with Crippen LogP contribution in [0.15, 0.2) is 24.3 Å². The van der Waals surface area contributed by atoms with Crippen molar-refractivity contribution in [2.24, 2.45) is 0 Å². The minimum Gasteiger partial charge on any atom is -0.427 e. The Labute approximate surface area is 365 Å². The zero-order valence-corrected chi connectivity index (χ0v) is 36.6. The number of nitro groups is 1. The maximum absolute atomic E-state index is 13.5. The smallest absolute Gasteiger partial charge is 0.311 e. The van der Waals surface area contributed by atoms with E-state index in [-0.39, 0.29) is 153 Å². The molecule has 1 aromatic carbocycles. The lowest BCUT2D eigenvalue weighted by molar-refractivity contribution is -0.384. The molecule has 0 aromatic heterocycles. The summed E-state index contributed by atoms with van der Waals surface area (Å²) in [5, 5.41) is 22.3. The number of ether oxygens (including phenoxy) is 7. The van der Waals surface area contributed by atoms with Gasteiger partial charge in [-0.1, -0.05) is 25.7 Å². The van der Waals surface area contributed by atoms with E-state index in [4.69, 9.17) is 46.0 Å². The first-order chi connectivity index (χ1) is 30.0. The quantitative estimate of drug-likeness (QED) is 0.0188. The van der Waals surface area contributed by atoms with E-state index >= 15 is 0 Å². The van der Waals surface area contributed by atoms with Crippen molar-refractivity contribution in [1.82, 2.24) is 21.3 Å². The normalized spacial score (nSPS) is 10.6. The Hall–Kier alpha value is -5.15. The Kier molecular flexibility index (Phi) is 35.5. The zero-order valence-electron chi connectivity index (χ0n) is 36.6. The summed E-state index contributed by atoms with van der Waals surface area (Å²) >= 11 is 0. The molecule has 0 aliphatic rings. The van der Waals surface area contributed by atoms with E-state index in [1.165, 1.54) is 24.3 Å². The summed E-state index contributed by atoms with van der Waals surface area (Å²) in [5.41, 5.74) is -1.35. The van der Waals surface area contributed by atoms with Crippen LogP contribution in [-0.4, -0.2) is 139 Å². The molecule has 0 saturated heterocycles. The van der Waals surface area contributed by atoms with E-state index in [1.807, 2.05) is 20.8 Å². The van der Waals surface area contributed by atoms with Gasteiger partial charge in [0.25, 0.3) is 5.69 Å². The topological polar surface area (TPSA) is 241 Å². The lowest BCUT2D eigenvalue weighted by atomic mass is 9.83. The van der Waals surface area contributed by atoms with E-state index in [1.54, 1.807) is 0 Å². The fraction of sp³-hybridized carbons (Fsp3) is 0.651. The number of nitrogens with one attached hydrogen (secondary N) is 4. The molecule has 0 atom stereocenters. The Morgan fingerprint density at radius 1 is 0.613 bits per heavy atom. The molecule has 1 aromatic rings. The van der Waals surface area contributed by atoms with Crippen LogP contribution in [0.3, 0.4) is 0 Å². The second-order valence-electron chi connectivity index (χ2n) is 13.0. The van der Waals surface area contributed by atoms with Crippen molar-refractivity contribution in [3.63, 3.8) is 0 Å². The molecule has 4 amide bonds. The van der Waals surface area contributed by atoms with E-state index in [2.05, 4.69) is 33.1 Å². The van der Waals surface area contributed by atoms with Gasteiger partial charge in [-0.25, -0.2) is 0 Å². The number of esters is 1. The summed E-state index contributed by atoms with van der Waals surface area (Å²) in [7, 11) is 0. The van der Waals surface area contributed by atoms with Gasteiger partial charge in [0.05, 0.1) is 64.4 Å². The fourth-order valence-electron chi connectivity index (χ4n) is 5.31. The van der Waals surface area contributed by atoms with Gasteiger partial charge < -0.3 is 54.4 Å². The molecule has 19 nitrogen and oxygen atoms in total. The predicted octanol–water partition coefficient (Wildman–Crippen LogP) is 2.63.